The number of pyridine rings is 1. The summed E-state index contributed by atoms with van der Waals surface area (Å²) in [4.78, 5) is 9.56. The minimum Gasteiger partial charge on any atom is -0.358 e. The summed E-state index contributed by atoms with van der Waals surface area (Å²) in [7, 11) is -2.68. The first-order valence-corrected chi connectivity index (χ1v) is 11.9. The van der Waals surface area contributed by atoms with Gasteiger partial charge in [0.2, 0.25) is 10.0 Å². The van der Waals surface area contributed by atoms with Crippen molar-refractivity contribution in [3.63, 3.8) is 0 Å². The smallest absolute Gasteiger partial charge is 0.358 e. The van der Waals surface area contributed by atoms with E-state index in [0.29, 0.717) is 16.4 Å². The van der Waals surface area contributed by atoms with Crippen LogP contribution in [0, 0.1) is 0 Å². The number of aromatic nitrogens is 3. The molecule has 0 bridgehead atoms. The van der Waals surface area contributed by atoms with E-state index in [0.717, 1.165) is 29.3 Å². The van der Waals surface area contributed by atoms with Gasteiger partial charge in [0.05, 0.1) is 28.0 Å². The van der Waals surface area contributed by atoms with Gasteiger partial charge < -0.3 is 9.47 Å². The number of nitrogens with one attached hydrogen (secondary N) is 1. The van der Waals surface area contributed by atoms with Crippen LogP contribution in [0.25, 0.3) is 16.6 Å². The van der Waals surface area contributed by atoms with E-state index >= 15 is 0 Å². The summed E-state index contributed by atoms with van der Waals surface area (Å²) < 4.78 is 68.9. The van der Waals surface area contributed by atoms with Crippen LogP contribution in [0.1, 0.15) is 5.56 Å². The molecule has 2 heterocycles. The third kappa shape index (κ3) is 5.01. The Hall–Kier alpha value is -3.15. The Balaban J connectivity index is 1.56. The van der Waals surface area contributed by atoms with Crippen LogP contribution in [0.5, 0.6) is 0 Å². The fourth-order valence-corrected chi connectivity index (χ4v) is 4.87. The fourth-order valence-electron chi connectivity index (χ4n) is 3.46. The molecule has 0 aliphatic rings. The molecule has 0 fully saturated rings. The molecule has 2 aromatic heterocycles. The molecule has 0 aliphatic heterocycles. The van der Waals surface area contributed by atoms with Crippen LogP contribution >= 0.6 is 11.6 Å². The molecule has 7 nitrogen and oxygen atoms in total. The molecule has 0 saturated carbocycles. The maximum absolute atomic E-state index is 13.2. The minimum atomic E-state index is -4.79. The van der Waals surface area contributed by atoms with E-state index in [4.69, 9.17) is 11.6 Å². The van der Waals surface area contributed by atoms with Gasteiger partial charge in [-0.15, -0.1) is 0 Å². The molecule has 1 N–H and O–H groups in total. The SMILES string of the molecule is CN(CCNS(=O)(=O)c1ccccc1C(F)(F)F)c1cc(-n2ccnc2)c2ccc(Cl)cc2n1. The number of anilines is 1. The van der Waals surface area contributed by atoms with Crippen LogP contribution in [-0.4, -0.2) is 43.1 Å². The van der Waals surface area contributed by atoms with Crippen LogP contribution < -0.4 is 9.62 Å². The maximum atomic E-state index is 13.2. The summed E-state index contributed by atoms with van der Waals surface area (Å²) in [5.41, 5.74) is 0.204. The number of benzene rings is 2. The summed E-state index contributed by atoms with van der Waals surface area (Å²) >= 11 is 6.14. The molecule has 4 aromatic rings. The van der Waals surface area contributed by atoms with E-state index < -0.39 is 26.7 Å². The van der Waals surface area contributed by atoms with Crippen LogP contribution in [0.15, 0.2) is 72.1 Å². The highest BCUT2D eigenvalue weighted by atomic mass is 35.5. The molecule has 2 aromatic carbocycles. The van der Waals surface area contributed by atoms with Crippen molar-refractivity contribution in [3.8, 4) is 5.69 Å². The van der Waals surface area contributed by atoms with Gasteiger partial charge >= 0.3 is 6.18 Å². The molecule has 34 heavy (non-hydrogen) atoms. The third-order valence-corrected chi connectivity index (χ3v) is 6.89. The van der Waals surface area contributed by atoms with E-state index in [2.05, 4.69) is 14.7 Å². The van der Waals surface area contributed by atoms with Crippen LogP contribution in [-0.2, 0) is 16.2 Å². The highest BCUT2D eigenvalue weighted by molar-refractivity contribution is 7.89. The second-order valence-electron chi connectivity index (χ2n) is 7.44. The number of hydrogen-bond donors (Lipinski definition) is 1. The van der Waals surface area contributed by atoms with Gasteiger partial charge in [0, 0.05) is 49.0 Å². The lowest BCUT2D eigenvalue weighted by Gasteiger charge is -2.21. The predicted molar refractivity (Wildman–Crippen MR) is 124 cm³/mol. The Morgan fingerprint density at radius 1 is 1.15 bits per heavy atom. The summed E-state index contributed by atoms with van der Waals surface area (Å²) in [6, 6.07) is 11.2. The predicted octanol–water partition coefficient (Wildman–Crippen LogP) is 4.51. The van der Waals surface area contributed by atoms with E-state index in [1.807, 2.05) is 16.7 Å². The number of imidazole rings is 1. The quantitative estimate of drug-likeness (QED) is 0.396. The van der Waals surface area contributed by atoms with Crippen LogP contribution in [0.2, 0.25) is 5.02 Å². The lowest BCUT2D eigenvalue weighted by Crippen LogP contribution is -2.34. The van der Waals surface area contributed by atoms with Crippen molar-refractivity contribution >= 4 is 38.3 Å². The van der Waals surface area contributed by atoms with Gasteiger partial charge in [-0.05, 0) is 30.3 Å². The van der Waals surface area contributed by atoms with Crippen LogP contribution in [0.3, 0.4) is 0 Å². The summed E-state index contributed by atoms with van der Waals surface area (Å²) in [5.74, 6) is 0.522. The molecular weight excluding hydrogens is 491 g/mol. The Kier molecular flexibility index (Phi) is 6.52. The zero-order valence-corrected chi connectivity index (χ0v) is 19.4. The highest BCUT2D eigenvalue weighted by Crippen LogP contribution is 2.34. The minimum absolute atomic E-state index is 0.138. The normalized spacial score (nSPS) is 12.3. The Morgan fingerprint density at radius 2 is 1.91 bits per heavy atom. The Morgan fingerprint density at radius 3 is 2.62 bits per heavy atom. The first-order valence-electron chi connectivity index (χ1n) is 10.0. The average molecular weight is 510 g/mol. The zero-order valence-electron chi connectivity index (χ0n) is 17.8. The first-order chi connectivity index (χ1) is 16.1. The van der Waals surface area contributed by atoms with Gasteiger partial charge in [-0.2, -0.15) is 13.2 Å². The number of halogens is 4. The lowest BCUT2D eigenvalue weighted by molar-refractivity contribution is -0.139. The van der Waals surface area contributed by atoms with E-state index in [1.165, 1.54) is 6.07 Å². The largest absolute Gasteiger partial charge is 0.417 e. The Bertz CT molecular complexity index is 1430. The number of alkyl halides is 3. The molecule has 0 saturated heterocycles. The number of nitrogens with zero attached hydrogens (tertiary/aromatic N) is 4. The average Bonchev–Trinajstić information content (AvgIpc) is 3.32. The maximum Gasteiger partial charge on any atom is 0.417 e. The van der Waals surface area contributed by atoms with Crippen molar-refractivity contribution in [2.75, 3.05) is 25.0 Å². The standard InChI is InChI=1S/C22H19ClF3N5O2S/c1-30(10-9-28-34(32,33)20-5-3-2-4-17(20)22(24,25)26)21-13-19(31-11-8-27-14-31)16-7-6-15(23)12-18(16)29-21/h2-8,11-14,28H,9-10H2,1H3. The molecule has 0 spiro atoms. The molecule has 0 atom stereocenters. The Labute approximate surface area is 198 Å². The topological polar surface area (TPSA) is 80.1 Å². The van der Waals surface area contributed by atoms with E-state index in [1.54, 1.807) is 42.8 Å². The van der Waals surface area contributed by atoms with Crippen molar-refractivity contribution < 1.29 is 21.6 Å². The number of hydrogen-bond acceptors (Lipinski definition) is 5. The van der Waals surface area contributed by atoms with Crippen molar-refractivity contribution in [1.29, 1.82) is 0 Å². The molecular formula is C22H19ClF3N5O2S. The van der Waals surface area contributed by atoms with E-state index in [9.17, 15) is 21.6 Å². The van der Waals surface area contributed by atoms with Gasteiger partial charge in [-0.3, -0.25) is 0 Å². The second kappa shape index (κ2) is 9.24. The van der Waals surface area contributed by atoms with Gasteiger partial charge in [0.25, 0.3) is 0 Å². The summed E-state index contributed by atoms with van der Waals surface area (Å²) in [6.45, 7) is 0.0105. The zero-order chi connectivity index (χ0) is 24.5. The van der Waals surface area contributed by atoms with Crippen molar-refractivity contribution in [1.82, 2.24) is 19.3 Å². The molecule has 0 amide bonds. The number of rotatable bonds is 7. The third-order valence-electron chi connectivity index (χ3n) is 5.13. The molecule has 4 rings (SSSR count). The van der Waals surface area contributed by atoms with Gasteiger partial charge in [-0.25, -0.2) is 23.1 Å². The monoisotopic (exact) mass is 509 g/mol. The van der Waals surface area contributed by atoms with Gasteiger partial charge in [0.15, 0.2) is 0 Å². The summed E-state index contributed by atoms with van der Waals surface area (Å²) in [5, 5.41) is 1.34. The number of fused-ring (bicyclic) bond motifs is 1. The molecule has 178 valence electrons. The fraction of sp³-hybridized carbons (Fsp3) is 0.182. The van der Waals surface area contributed by atoms with Crippen molar-refractivity contribution in [2.24, 2.45) is 0 Å². The highest BCUT2D eigenvalue weighted by Gasteiger charge is 2.36. The van der Waals surface area contributed by atoms with Crippen molar-refractivity contribution in [2.45, 2.75) is 11.1 Å². The molecule has 0 aliphatic carbocycles. The lowest BCUT2D eigenvalue weighted by atomic mass is 10.1. The summed E-state index contributed by atoms with van der Waals surface area (Å²) in [6.07, 6.45) is 0.264. The van der Waals surface area contributed by atoms with E-state index in [-0.39, 0.29) is 13.1 Å². The van der Waals surface area contributed by atoms with Gasteiger partial charge in [0.1, 0.15) is 5.82 Å². The molecule has 0 radical (unpaired) electrons. The molecule has 12 heteroatoms. The van der Waals surface area contributed by atoms with Gasteiger partial charge in [-0.1, -0.05) is 23.7 Å². The number of likely N-dealkylation sites (N-methyl/N-ethyl adjacent to an activating group) is 1. The number of sulfonamides is 1. The molecule has 0 unspecified atom stereocenters. The van der Waals surface area contributed by atoms with Crippen molar-refractivity contribution in [3.05, 3.63) is 77.8 Å². The first kappa shape index (κ1) is 24.0. The van der Waals surface area contributed by atoms with Crippen LogP contribution in [0.4, 0.5) is 19.0 Å². The second-order valence-corrected chi connectivity index (χ2v) is 9.62.